The van der Waals surface area contributed by atoms with Gasteiger partial charge in [-0.25, -0.2) is 4.98 Å². The minimum atomic E-state index is 0.0423. The Labute approximate surface area is 129 Å². The zero-order valence-corrected chi connectivity index (χ0v) is 12.8. The number of anilines is 1. The van der Waals surface area contributed by atoms with Crippen LogP contribution in [0, 0.1) is 0 Å². The van der Waals surface area contributed by atoms with Crippen LogP contribution in [-0.2, 0) is 4.74 Å². The zero-order valence-electron chi connectivity index (χ0n) is 12.0. The minimum absolute atomic E-state index is 0.0423. The predicted octanol–water partition coefficient (Wildman–Crippen LogP) is 1.31. The van der Waals surface area contributed by atoms with Gasteiger partial charge in [0.15, 0.2) is 0 Å². The van der Waals surface area contributed by atoms with Crippen LogP contribution in [0.5, 0.6) is 0 Å². The fourth-order valence-electron chi connectivity index (χ4n) is 2.19. The molecule has 112 valence electrons. The maximum absolute atomic E-state index is 9.23. The van der Waals surface area contributed by atoms with Crippen LogP contribution in [0.1, 0.15) is 5.56 Å². The smallest absolute Gasteiger partial charge is 0.130 e. The lowest BCUT2D eigenvalue weighted by atomic mass is 10.1. The van der Waals surface area contributed by atoms with Crippen LogP contribution in [0.2, 0.25) is 0 Å². The molecule has 1 aromatic carbocycles. The van der Waals surface area contributed by atoms with Crippen LogP contribution < -0.4 is 10.6 Å². The summed E-state index contributed by atoms with van der Waals surface area (Å²) in [6.07, 6.45) is 0. The van der Waals surface area contributed by atoms with Gasteiger partial charge in [0.05, 0.1) is 18.7 Å². The molecule has 0 radical (unpaired) electrons. The molecule has 0 saturated heterocycles. The summed E-state index contributed by atoms with van der Waals surface area (Å²) in [5, 5.41) is 10.2. The Hall–Kier alpha value is -1.76. The number of para-hydroxylation sites is 1. The second-order valence-electron chi connectivity index (χ2n) is 4.61. The van der Waals surface area contributed by atoms with Crippen LogP contribution in [0.4, 0.5) is 5.82 Å². The van der Waals surface area contributed by atoms with E-state index in [-0.39, 0.29) is 6.61 Å². The topological polar surface area (TPSA) is 71.6 Å². The standard InChI is InChI=1S/C15H19N3O2S/c1-20-9-7-18(6-8-19)14-10-12(15(16)21)11-4-2-3-5-13(11)17-14/h2-5,10,19H,6-9H2,1H3,(H2,16,21). The molecule has 0 atom stereocenters. The van der Waals surface area contributed by atoms with Crippen molar-refractivity contribution < 1.29 is 9.84 Å². The Balaban J connectivity index is 2.49. The predicted molar refractivity (Wildman–Crippen MR) is 88.8 cm³/mol. The first kappa shape index (κ1) is 15.6. The van der Waals surface area contributed by atoms with Crippen LogP contribution in [0.3, 0.4) is 0 Å². The van der Waals surface area contributed by atoms with E-state index in [2.05, 4.69) is 4.98 Å². The lowest BCUT2D eigenvalue weighted by Gasteiger charge is -2.23. The third-order valence-corrected chi connectivity index (χ3v) is 3.45. The molecule has 5 nitrogen and oxygen atoms in total. The minimum Gasteiger partial charge on any atom is -0.395 e. The lowest BCUT2D eigenvalue weighted by molar-refractivity contribution is 0.202. The molecule has 2 rings (SSSR count). The van der Waals surface area contributed by atoms with Crippen molar-refractivity contribution in [2.45, 2.75) is 0 Å². The summed E-state index contributed by atoms with van der Waals surface area (Å²) in [7, 11) is 1.64. The number of ether oxygens (including phenoxy) is 1. The number of rotatable bonds is 7. The zero-order chi connectivity index (χ0) is 15.2. The Kier molecular flexibility index (Phi) is 5.44. The number of nitrogens with zero attached hydrogens (tertiary/aromatic N) is 2. The van der Waals surface area contributed by atoms with Crippen molar-refractivity contribution >= 4 is 33.9 Å². The average molecular weight is 305 g/mol. The van der Waals surface area contributed by atoms with Crippen molar-refractivity contribution in [3.05, 3.63) is 35.9 Å². The van der Waals surface area contributed by atoms with E-state index in [4.69, 9.17) is 22.7 Å². The maximum Gasteiger partial charge on any atom is 0.130 e. The van der Waals surface area contributed by atoms with Gasteiger partial charge in [0.2, 0.25) is 0 Å². The van der Waals surface area contributed by atoms with Gasteiger partial charge in [-0.3, -0.25) is 0 Å². The van der Waals surface area contributed by atoms with Gasteiger partial charge in [-0.05, 0) is 12.1 Å². The summed E-state index contributed by atoms with van der Waals surface area (Å²) >= 11 is 5.15. The summed E-state index contributed by atoms with van der Waals surface area (Å²) in [5.41, 5.74) is 7.46. The van der Waals surface area contributed by atoms with Crippen molar-refractivity contribution in [3.8, 4) is 0 Å². The largest absolute Gasteiger partial charge is 0.395 e. The van der Waals surface area contributed by atoms with Crippen molar-refractivity contribution in [2.75, 3.05) is 38.3 Å². The van der Waals surface area contributed by atoms with E-state index in [0.717, 1.165) is 22.3 Å². The molecule has 6 heteroatoms. The molecule has 1 aromatic heterocycles. The number of methoxy groups -OCH3 is 1. The first-order valence-electron chi connectivity index (χ1n) is 6.71. The molecule has 21 heavy (non-hydrogen) atoms. The van der Waals surface area contributed by atoms with Crippen LogP contribution in [-0.4, -0.2) is 48.5 Å². The molecule has 3 N–H and O–H groups in total. The van der Waals surface area contributed by atoms with Gasteiger partial charge in [-0.15, -0.1) is 0 Å². The normalized spacial score (nSPS) is 10.8. The molecule has 0 aliphatic rings. The van der Waals surface area contributed by atoms with E-state index in [0.29, 0.717) is 24.7 Å². The van der Waals surface area contributed by atoms with Gasteiger partial charge in [0, 0.05) is 31.1 Å². The fourth-order valence-corrected chi connectivity index (χ4v) is 2.36. The molecular formula is C15H19N3O2S. The van der Waals surface area contributed by atoms with E-state index in [1.54, 1.807) is 7.11 Å². The van der Waals surface area contributed by atoms with Crippen LogP contribution in [0.25, 0.3) is 10.9 Å². The third-order valence-electron chi connectivity index (χ3n) is 3.23. The number of thiocarbonyl (C=S) groups is 1. The molecule has 0 aliphatic carbocycles. The van der Waals surface area contributed by atoms with Gasteiger partial charge in [0.25, 0.3) is 0 Å². The van der Waals surface area contributed by atoms with Crippen LogP contribution in [0.15, 0.2) is 30.3 Å². The van der Waals surface area contributed by atoms with E-state index >= 15 is 0 Å². The molecule has 1 heterocycles. The Morgan fingerprint density at radius 3 is 2.81 bits per heavy atom. The SMILES string of the molecule is COCCN(CCO)c1cc(C(N)=S)c2ccccc2n1. The summed E-state index contributed by atoms with van der Waals surface area (Å²) in [4.78, 5) is 6.93. The highest BCUT2D eigenvalue weighted by Gasteiger charge is 2.12. The Morgan fingerprint density at radius 2 is 2.14 bits per heavy atom. The highest BCUT2D eigenvalue weighted by molar-refractivity contribution is 7.80. The quantitative estimate of drug-likeness (QED) is 0.752. The van der Waals surface area contributed by atoms with Gasteiger partial charge in [-0.2, -0.15) is 0 Å². The Bertz CT molecular complexity index is 633. The first-order chi connectivity index (χ1) is 10.2. The third kappa shape index (κ3) is 3.66. The Morgan fingerprint density at radius 1 is 1.38 bits per heavy atom. The monoisotopic (exact) mass is 305 g/mol. The molecule has 2 aromatic rings. The van der Waals surface area contributed by atoms with E-state index in [1.165, 1.54) is 0 Å². The number of benzene rings is 1. The molecule has 0 bridgehead atoms. The molecule has 0 unspecified atom stereocenters. The van der Waals surface area contributed by atoms with Gasteiger partial charge >= 0.3 is 0 Å². The van der Waals surface area contributed by atoms with Crippen molar-refractivity contribution in [3.63, 3.8) is 0 Å². The second kappa shape index (κ2) is 7.31. The van der Waals surface area contributed by atoms with Crippen molar-refractivity contribution in [1.29, 1.82) is 0 Å². The lowest BCUT2D eigenvalue weighted by Crippen LogP contribution is -2.31. The van der Waals surface area contributed by atoms with E-state index < -0.39 is 0 Å². The molecule has 0 amide bonds. The van der Waals surface area contributed by atoms with Gasteiger partial charge < -0.3 is 20.5 Å². The number of aromatic nitrogens is 1. The highest BCUT2D eigenvalue weighted by Crippen LogP contribution is 2.23. The average Bonchev–Trinajstić information content (AvgIpc) is 2.50. The van der Waals surface area contributed by atoms with E-state index in [1.807, 2.05) is 35.2 Å². The number of pyridine rings is 1. The van der Waals surface area contributed by atoms with Crippen molar-refractivity contribution in [1.82, 2.24) is 4.98 Å². The number of aliphatic hydroxyl groups excluding tert-OH is 1. The maximum atomic E-state index is 9.23. The summed E-state index contributed by atoms with van der Waals surface area (Å²) in [6, 6.07) is 9.60. The number of hydrogen-bond acceptors (Lipinski definition) is 5. The highest BCUT2D eigenvalue weighted by atomic mass is 32.1. The van der Waals surface area contributed by atoms with E-state index in [9.17, 15) is 5.11 Å². The van der Waals surface area contributed by atoms with Gasteiger partial charge in [-0.1, -0.05) is 30.4 Å². The van der Waals surface area contributed by atoms with Gasteiger partial charge in [0.1, 0.15) is 10.8 Å². The number of nitrogens with two attached hydrogens (primary N) is 1. The molecule has 0 saturated carbocycles. The number of aliphatic hydroxyl groups is 1. The summed E-state index contributed by atoms with van der Waals surface area (Å²) < 4.78 is 5.10. The number of fused-ring (bicyclic) bond motifs is 1. The number of hydrogen-bond donors (Lipinski definition) is 2. The first-order valence-corrected chi connectivity index (χ1v) is 7.12. The molecule has 0 spiro atoms. The summed E-state index contributed by atoms with van der Waals surface area (Å²) in [6.45, 7) is 1.71. The van der Waals surface area contributed by atoms with Crippen LogP contribution >= 0.6 is 12.2 Å². The molecule has 0 fully saturated rings. The molecule has 0 aliphatic heterocycles. The summed E-state index contributed by atoms with van der Waals surface area (Å²) in [5.74, 6) is 0.739. The molecular weight excluding hydrogens is 286 g/mol. The fraction of sp³-hybridized carbons (Fsp3) is 0.333. The second-order valence-corrected chi connectivity index (χ2v) is 5.05. The van der Waals surface area contributed by atoms with Crippen molar-refractivity contribution in [2.24, 2.45) is 5.73 Å².